The maximum absolute atomic E-state index is 3.45. The van der Waals surface area contributed by atoms with Gasteiger partial charge in [-0.05, 0) is 31.7 Å². The van der Waals surface area contributed by atoms with Crippen LogP contribution in [-0.2, 0) is 0 Å². The minimum Gasteiger partial charge on any atom is -0.316 e. The van der Waals surface area contributed by atoms with E-state index < -0.39 is 0 Å². The lowest BCUT2D eigenvalue weighted by Crippen LogP contribution is -2.49. The van der Waals surface area contributed by atoms with Crippen LogP contribution in [0.5, 0.6) is 0 Å². The molecule has 2 unspecified atom stereocenters. The molecule has 2 nitrogen and oxygen atoms in total. The number of nitrogens with one attached hydrogen (secondary N) is 1. The van der Waals surface area contributed by atoms with Gasteiger partial charge < -0.3 is 10.2 Å². The Hall–Kier alpha value is -0.0800. The Balaban J connectivity index is 2.43. The van der Waals surface area contributed by atoms with Crippen LogP contribution in [0.2, 0.25) is 0 Å². The molecule has 2 heteroatoms. The van der Waals surface area contributed by atoms with E-state index in [-0.39, 0.29) is 0 Å². The fourth-order valence-electron chi connectivity index (χ4n) is 2.79. The van der Waals surface area contributed by atoms with E-state index in [0.717, 1.165) is 11.8 Å². The zero-order chi connectivity index (χ0) is 11.3. The molecule has 1 rings (SSSR count). The molecule has 0 bridgehead atoms. The predicted molar refractivity (Wildman–Crippen MR) is 67.1 cm³/mol. The topological polar surface area (TPSA) is 15.3 Å². The second-order valence-corrected chi connectivity index (χ2v) is 5.49. The third kappa shape index (κ3) is 4.52. The first-order valence-electron chi connectivity index (χ1n) is 6.55. The Labute approximate surface area is 95.4 Å². The molecule has 0 aromatic rings. The molecule has 1 fully saturated rings. The van der Waals surface area contributed by atoms with Crippen LogP contribution in [0.4, 0.5) is 0 Å². The largest absolute Gasteiger partial charge is 0.316 e. The highest BCUT2D eigenvalue weighted by atomic mass is 15.2. The Bertz CT molecular complexity index is 168. The Morgan fingerprint density at radius 2 is 2.07 bits per heavy atom. The van der Waals surface area contributed by atoms with E-state index in [2.05, 4.69) is 38.0 Å². The summed E-state index contributed by atoms with van der Waals surface area (Å²) in [6, 6.07) is 0.717. The van der Waals surface area contributed by atoms with E-state index in [1.165, 1.54) is 38.9 Å². The third-order valence-corrected chi connectivity index (χ3v) is 3.34. The van der Waals surface area contributed by atoms with Gasteiger partial charge in [0.05, 0.1) is 0 Å². The lowest BCUT2D eigenvalue weighted by molar-refractivity contribution is 0.126. The lowest BCUT2D eigenvalue weighted by Gasteiger charge is -2.38. The number of piperidine rings is 1. The summed E-state index contributed by atoms with van der Waals surface area (Å²) in [5.74, 6) is 1.71. The van der Waals surface area contributed by atoms with Crippen molar-refractivity contribution in [1.29, 1.82) is 0 Å². The van der Waals surface area contributed by atoms with E-state index in [4.69, 9.17) is 0 Å². The number of rotatable bonds is 5. The third-order valence-electron chi connectivity index (χ3n) is 3.34. The molecule has 0 spiro atoms. The van der Waals surface area contributed by atoms with Gasteiger partial charge in [-0.3, -0.25) is 0 Å². The summed E-state index contributed by atoms with van der Waals surface area (Å²) in [5.41, 5.74) is 0. The number of likely N-dealkylation sites (N-methyl/N-ethyl adjacent to an activating group) is 1. The van der Waals surface area contributed by atoms with Gasteiger partial charge >= 0.3 is 0 Å². The van der Waals surface area contributed by atoms with Crippen molar-refractivity contribution in [3.63, 3.8) is 0 Å². The zero-order valence-electron chi connectivity index (χ0n) is 10.9. The van der Waals surface area contributed by atoms with Crippen LogP contribution < -0.4 is 5.32 Å². The molecule has 1 saturated heterocycles. The average Bonchev–Trinajstić information content (AvgIpc) is 2.16. The first kappa shape index (κ1) is 13.0. The summed E-state index contributed by atoms with van der Waals surface area (Å²) < 4.78 is 0. The van der Waals surface area contributed by atoms with Crippen LogP contribution in [0.15, 0.2) is 0 Å². The van der Waals surface area contributed by atoms with E-state index in [1.807, 2.05) is 0 Å². The van der Waals surface area contributed by atoms with Crippen LogP contribution in [0.25, 0.3) is 0 Å². The van der Waals surface area contributed by atoms with Gasteiger partial charge in [0.2, 0.25) is 0 Å². The van der Waals surface area contributed by atoms with E-state index in [1.54, 1.807) is 0 Å². The fraction of sp³-hybridized carbons (Fsp3) is 1.00. The second-order valence-electron chi connectivity index (χ2n) is 5.49. The van der Waals surface area contributed by atoms with Crippen LogP contribution in [0.3, 0.4) is 0 Å². The molecule has 0 aliphatic carbocycles. The Kier molecular flexibility index (Phi) is 5.62. The summed E-state index contributed by atoms with van der Waals surface area (Å²) in [7, 11) is 2.10. The molecular formula is C13H28N2. The second kappa shape index (κ2) is 6.49. The fourth-order valence-corrected chi connectivity index (χ4v) is 2.79. The quantitative estimate of drug-likeness (QED) is 0.752. The molecule has 1 N–H and O–H groups in total. The summed E-state index contributed by atoms with van der Waals surface area (Å²) >= 11 is 0. The van der Waals surface area contributed by atoms with Crippen LogP contribution in [-0.4, -0.2) is 37.6 Å². The Morgan fingerprint density at radius 3 is 2.60 bits per heavy atom. The summed E-state index contributed by atoms with van der Waals surface area (Å²) in [6.07, 6.45) is 4.10. The number of likely N-dealkylation sites (tertiary alicyclic amines) is 1. The van der Waals surface area contributed by atoms with Gasteiger partial charge in [-0.15, -0.1) is 0 Å². The van der Waals surface area contributed by atoms with Crippen molar-refractivity contribution in [2.75, 3.05) is 26.7 Å². The van der Waals surface area contributed by atoms with Gasteiger partial charge in [-0.25, -0.2) is 0 Å². The molecule has 0 aromatic carbocycles. The maximum atomic E-state index is 3.45. The highest BCUT2D eigenvalue weighted by molar-refractivity contribution is 4.82. The van der Waals surface area contributed by atoms with Gasteiger partial charge in [0.1, 0.15) is 0 Å². The molecule has 2 atom stereocenters. The van der Waals surface area contributed by atoms with Gasteiger partial charge in [-0.1, -0.05) is 27.2 Å². The highest BCUT2D eigenvalue weighted by Crippen LogP contribution is 2.21. The lowest BCUT2D eigenvalue weighted by atomic mass is 9.90. The van der Waals surface area contributed by atoms with Gasteiger partial charge in [0, 0.05) is 25.7 Å². The number of nitrogens with zero attached hydrogens (tertiary/aromatic N) is 1. The Morgan fingerprint density at radius 1 is 1.33 bits per heavy atom. The van der Waals surface area contributed by atoms with Crippen molar-refractivity contribution >= 4 is 0 Å². The van der Waals surface area contributed by atoms with Crippen LogP contribution >= 0.6 is 0 Å². The molecule has 0 radical (unpaired) electrons. The summed E-state index contributed by atoms with van der Waals surface area (Å²) in [4.78, 5) is 2.65. The van der Waals surface area contributed by atoms with Crippen LogP contribution in [0, 0.1) is 11.8 Å². The normalized spacial score (nSPS) is 28.6. The van der Waals surface area contributed by atoms with Crippen molar-refractivity contribution in [2.45, 2.75) is 46.1 Å². The smallest absolute Gasteiger partial charge is 0.0195 e. The number of hydrogen-bond acceptors (Lipinski definition) is 2. The molecule has 0 aromatic heterocycles. The van der Waals surface area contributed by atoms with Crippen molar-refractivity contribution in [3.8, 4) is 0 Å². The predicted octanol–water partition coefficient (Wildman–Crippen LogP) is 2.35. The molecule has 0 saturated carbocycles. The van der Waals surface area contributed by atoms with E-state index >= 15 is 0 Å². The maximum Gasteiger partial charge on any atom is 0.0195 e. The highest BCUT2D eigenvalue weighted by Gasteiger charge is 2.25. The zero-order valence-corrected chi connectivity index (χ0v) is 10.9. The average molecular weight is 212 g/mol. The van der Waals surface area contributed by atoms with Crippen molar-refractivity contribution in [1.82, 2.24) is 10.2 Å². The van der Waals surface area contributed by atoms with Crippen molar-refractivity contribution < 1.29 is 0 Å². The SMILES string of the molecule is CCCC1CC(NC)CN(CC(C)C)C1. The molecule has 0 amide bonds. The molecule has 15 heavy (non-hydrogen) atoms. The number of hydrogen-bond donors (Lipinski definition) is 1. The first-order valence-corrected chi connectivity index (χ1v) is 6.55. The van der Waals surface area contributed by atoms with E-state index in [9.17, 15) is 0 Å². The van der Waals surface area contributed by atoms with Gasteiger partial charge in [-0.2, -0.15) is 0 Å². The standard InChI is InChI=1S/C13H28N2/c1-5-6-12-7-13(14-4)10-15(9-12)8-11(2)3/h11-14H,5-10H2,1-4H3. The molecule has 1 heterocycles. The monoisotopic (exact) mass is 212 g/mol. The van der Waals surface area contributed by atoms with Crippen molar-refractivity contribution in [2.24, 2.45) is 11.8 Å². The molecule has 90 valence electrons. The summed E-state index contributed by atoms with van der Waals surface area (Å²) in [6.45, 7) is 10.8. The van der Waals surface area contributed by atoms with Gasteiger partial charge in [0.15, 0.2) is 0 Å². The van der Waals surface area contributed by atoms with Crippen LogP contribution in [0.1, 0.15) is 40.0 Å². The summed E-state index contributed by atoms with van der Waals surface area (Å²) in [5, 5.41) is 3.45. The molecular weight excluding hydrogens is 184 g/mol. The van der Waals surface area contributed by atoms with E-state index in [0.29, 0.717) is 6.04 Å². The minimum atomic E-state index is 0.717. The molecule has 1 aliphatic rings. The molecule has 1 aliphatic heterocycles. The van der Waals surface area contributed by atoms with Crippen molar-refractivity contribution in [3.05, 3.63) is 0 Å². The van der Waals surface area contributed by atoms with Gasteiger partial charge in [0.25, 0.3) is 0 Å². The first-order chi connectivity index (χ1) is 7.15. The minimum absolute atomic E-state index is 0.717.